The summed E-state index contributed by atoms with van der Waals surface area (Å²) >= 11 is 5.69. The summed E-state index contributed by atoms with van der Waals surface area (Å²) in [4.78, 5) is 21.4. The molecule has 1 aromatic carbocycles. The van der Waals surface area contributed by atoms with Gasteiger partial charge in [-0.05, 0) is 17.7 Å². The summed E-state index contributed by atoms with van der Waals surface area (Å²) in [5.41, 5.74) is 0.742. The zero-order valence-corrected chi connectivity index (χ0v) is 8.84. The molecule has 0 aromatic heterocycles. The zero-order chi connectivity index (χ0) is 11.4. The van der Waals surface area contributed by atoms with Gasteiger partial charge in [0.1, 0.15) is 0 Å². The van der Waals surface area contributed by atoms with Crippen molar-refractivity contribution in [3.8, 4) is 0 Å². The van der Waals surface area contributed by atoms with Crippen LogP contribution in [0.5, 0.6) is 0 Å². The minimum absolute atomic E-state index is 0.0412. The molecule has 0 spiro atoms. The average Bonchev–Trinajstić information content (AvgIpc) is 2.16. The number of halogens is 1. The summed E-state index contributed by atoms with van der Waals surface area (Å²) in [5, 5.41) is 11.6. The summed E-state index contributed by atoms with van der Waals surface area (Å²) in [7, 11) is 0. The molecule has 0 atom stereocenters. The molecule has 1 rings (SSSR count). The lowest BCUT2D eigenvalue weighted by Gasteiger charge is -2.04. The Hall–Kier alpha value is -1.55. The maximum atomic E-state index is 10.7. The van der Waals surface area contributed by atoms with Crippen molar-refractivity contribution in [2.24, 2.45) is 0 Å². The van der Waals surface area contributed by atoms with Crippen LogP contribution in [-0.4, -0.2) is 17.0 Å². The number of hydrogen-bond acceptors (Lipinski definition) is 2. The minimum atomic E-state index is -1.08. The van der Waals surface area contributed by atoms with Crippen molar-refractivity contribution >= 4 is 23.5 Å². The molecular weight excluding hydrogens is 218 g/mol. The van der Waals surface area contributed by atoms with Crippen LogP contribution >= 0.6 is 11.6 Å². The van der Waals surface area contributed by atoms with E-state index >= 15 is 0 Å². The van der Waals surface area contributed by atoms with Crippen LogP contribution in [0.1, 0.15) is 22.8 Å². The van der Waals surface area contributed by atoms with E-state index in [-0.39, 0.29) is 16.5 Å². The van der Waals surface area contributed by atoms with Crippen LogP contribution in [0.3, 0.4) is 0 Å². The standard InChI is InChI=1S/C10H10ClNO3/c1-6(13)12-5-7-2-3-9(11)8(4-7)10(14)15/h2-4H,5H2,1H3,(H,12,13)(H,14,15). The molecule has 0 unspecified atom stereocenters. The highest BCUT2D eigenvalue weighted by Crippen LogP contribution is 2.17. The normalized spacial score (nSPS) is 9.73. The molecule has 1 aromatic rings. The van der Waals surface area contributed by atoms with Crippen LogP contribution in [-0.2, 0) is 11.3 Å². The third-order valence-corrected chi connectivity index (χ3v) is 2.13. The number of benzene rings is 1. The van der Waals surface area contributed by atoms with Crippen molar-refractivity contribution in [3.63, 3.8) is 0 Å². The topological polar surface area (TPSA) is 66.4 Å². The second kappa shape index (κ2) is 4.79. The van der Waals surface area contributed by atoms with Crippen LogP contribution in [0.2, 0.25) is 5.02 Å². The fourth-order valence-electron chi connectivity index (χ4n) is 1.07. The van der Waals surface area contributed by atoms with Gasteiger partial charge in [-0.15, -0.1) is 0 Å². The van der Waals surface area contributed by atoms with E-state index in [0.717, 1.165) is 0 Å². The van der Waals surface area contributed by atoms with Gasteiger partial charge < -0.3 is 10.4 Å². The molecule has 0 aliphatic carbocycles. The summed E-state index contributed by atoms with van der Waals surface area (Å²) in [5.74, 6) is -1.24. The lowest BCUT2D eigenvalue weighted by Crippen LogP contribution is -2.19. The van der Waals surface area contributed by atoms with E-state index in [2.05, 4.69) is 5.32 Å². The second-order valence-corrected chi connectivity index (χ2v) is 3.44. The van der Waals surface area contributed by atoms with Crippen molar-refractivity contribution in [3.05, 3.63) is 34.3 Å². The Kier molecular flexibility index (Phi) is 3.68. The highest BCUT2D eigenvalue weighted by Gasteiger charge is 2.09. The number of carboxylic acids is 1. The Morgan fingerprint density at radius 1 is 1.47 bits per heavy atom. The monoisotopic (exact) mass is 227 g/mol. The number of carbonyl (C=O) groups excluding carboxylic acids is 1. The van der Waals surface area contributed by atoms with Crippen LogP contribution in [0.15, 0.2) is 18.2 Å². The van der Waals surface area contributed by atoms with E-state index in [1.165, 1.54) is 19.1 Å². The molecule has 80 valence electrons. The van der Waals surface area contributed by atoms with Gasteiger partial charge >= 0.3 is 5.97 Å². The third-order valence-electron chi connectivity index (χ3n) is 1.80. The van der Waals surface area contributed by atoms with E-state index in [0.29, 0.717) is 12.1 Å². The number of carboxylic acid groups (broad SMARTS) is 1. The Bertz CT molecular complexity index is 404. The van der Waals surface area contributed by atoms with Gasteiger partial charge in [-0.3, -0.25) is 4.79 Å². The molecular formula is C10H10ClNO3. The summed E-state index contributed by atoms with van der Waals surface area (Å²) in [6.45, 7) is 1.70. The molecule has 15 heavy (non-hydrogen) atoms. The number of hydrogen-bond donors (Lipinski definition) is 2. The number of rotatable bonds is 3. The minimum Gasteiger partial charge on any atom is -0.478 e. The van der Waals surface area contributed by atoms with Crippen molar-refractivity contribution in [2.45, 2.75) is 13.5 Å². The molecule has 4 nitrogen and oxygen atoms in total. The van der Waals surface area contributed by atoms with Crippen molar-refractivity contribution in [1.82, 2.24) is 5.32 Å². The van der Waals surface area contributed by atoms with E-state index in [9.17, 15) is 9.59 Å². The Labute approximate surface area is 91.9 Å². The molecule has 5 heteroatoms. The van der Waals surface area contributed by atoms with Gasteiger partial charge in [0.15, 0.2) is 0 Å². The van der Waals surface area contributed by atoms with Gasteiger partial charge in [-0.2, -0.15) is 0 Å². The zero-order valence-electron chi connectivity index (χ0n) is 8.08. The highest BCUT2D eigenvalue weighted by molar-refractivity contribution is 6.33. The Balaban J connectivity index is 2.87. The number of carbonyl (C=O) groups is 2. The number of nitrogens with one attached hydrogen (secondary N) is 1. The summed E-state index contributed by atoms with van der Waals surface area (Å²) in [6, 6.07) is 4.62. The molecule has 0 fully saturated rings. The fraction of sp³-hybridized carbons (Fsp3) is 0.200. The van der Waals surface area contributed by atoms with Gasteiger partial charge in [0.25, 0.3) is 0 Å². The van der Waals surface area contributed by atoms with Crippen LogP contribution in [0.4, 0.5) is 0 Å². The molecule has 0 aliphatic heterocycles. The van der Waals surface area contributed by atoms with Gasteiger partial charge in [0.05, 0.1) is 10.6 Å². The maximum Gasteiger partial charge on any atom is 0.337 e. The lowest BCUT2D eigenvalue weighted by molar-refractivity contribution is -0.119. The van der Waals surface area contributed by atoms with Crippen LogP contribution in [0, 0.1) is 0 Å². The molecule has 1 amide bonds. The summed E-state index contributed by atoms with van der Waals surface area (Å²) in [6.07, 6.45) is 0. The SMILES string of the molecule is CC(=O)NCc1ccc(Cl)c(C(=O)O)c1. The first-order valence-corrected chi connectivity index (χ1v) is 4.64. The molecule has 0 saturated carbocycles. The van der Waals surface area contributed by atoms with Crippen LogP contribution < -0.4 is 5.32 Å². The van der Waals surface area contributed by atoms with E-state index in [1.54, 1.807) is 6.07 Å². The van der Waals surface area contributed by atoms with Crippen molar-refractivity contribution < 1.29 is 14.7 Å². The van der Waals surface area contributed by atoms with Crippen molar-refractivity contribution in [1.29, 1.82) is 0 Å². The van der Waals surface area contributed by atoms with Gasteiger partial charge in [0, 0.05) is 13.5 Å². The van der Waals surface area contributed by atoms with Gasteiger partial charge in [-0.25, -0.2) is 4.79 Å². The molecule has 0 saturated heterocycles. The quantitative estimate of drug-likeness (QED) is 0.826. The largest absolute Gasteiger partial charge is 0.478 e. The average molecular weight is 228 g/mol. The van der Waals surface area contributed by atoms with E-state index < -0.39 is 5.97 Å². The van der Waals surface area contributed by atoms with E-state index in [1.807, 2.05) is 0 Å². The van der Waals surface area contributed by atoms with Crippen LogP contribution in [0.25, 0.3) is 0 Å². The smallest absolute Gasteiger partial charge is 0.337 e. The summed E-state index contributed by atoms with van der Waals surface area (Å²) < 4.78 is 0. The van der Waals surface area contributed by atoms with Crippen molar-refractivity contribution in [2.75, 3.05) is 0 Å². The lowest BCUT2D eigenvalue weighted by atomic mass is 10.1. The third kappa shape index (κ3) is 3.25. The van der Waals surface area contributed by atoms with Gasteiger partial charge in [-0.1, -0.05) is 17.7 Å². The molecule has 0 aliphatic rings. The molecule has 0 heterocycles. The number of amides is 1. The maximum absolute atomic E-state index is 10.7. The molecule has 2 N–H and O–H groups in total. The van der Waals surface area contributed by atoms with E-state index in [4.69, 9.17) is 16.7 Å². The Morgan fingerprint density at radius 2 is 2.13 bits per heavy atom. The first-order valence-electron chi connectivity index (χ1n) is 4.27. The predicted molar refractivity (Wildman–Crippen MR) is 55.9 cm³/mol. The number of aromatic carboxylic acids is 1. The first kappa shape index (κ1) is 11.5. The van der Waals surface area contributed by atoms with Gasteiger partial charge in [0.2, 0.25) is 5.91 Å². The predicted octanol–water partition coefficient (Wildman–Crippen LogP) is 1.67. The molecule has 0 bridgehead atoms. The Morgan fingerprint density at radius 3 is 2.67 bits per heavy atom. The molecule has 0 radical (unpaired) electrons. The second-order valence-electron chi connectivity index (χ2n) is 3.03. The fourth-order valence-corrected chi connectivity index (χ4v) is 1.27. The first-order chi connectivity index (χ1) is 7.00. The highest BCUT2D eigenvalue weighted by atomic mass is 35.5.